The number of aromatic nitrogens is 2. The zero-order valence-corrected chi connectivity index (χ0v) is 15.8. The Kier molecular flexibility index (Phi) is 5.35. The number of amides is 2. The first-order valence-corrected chi connectivity index (χ1v) is 8.75. The predicted octanol–water partition coefficient (Wildman–Crippen LogP) is 2.46. The standard InChI is InChI=1S/C18H30N4O2/c1-13(2)15-12-14(19-22(15)18(3,4)5)17(24)20(6)10-11-21-9-7-8-16(21)23/h12-13H,7-11H2,1-6H3. The molecule has 6 nitrogen and oxygen atoms in total. The lowest BCUT2D eigenvalue weighted by Crippen LogP contribution is -2.37. The van der Waals surface area contributed by atoms with Gasteiger partial charge in [-0.2, -0.15) is 5.10 Å². The lowest BCUT2D eigenvalue weighted by molar-refractivity contribution is -0.127. The Bertz CT molecular complexity index is 613. The molecule has 134 valence electrons. The first-order chi connectivity index (χ1) is 11.1. The predicted molar refractivity (Wildman–Crippen MR) is 94.1 cm³/mol. The van der Waals surface area contributed by atoms with E-state index in [1.54, 1.807) is 11.9 Å². The lowest BCUT2D eigenvalue weighted by Gasteiger charge is -2.24. The van der Waals surface area contributed by atoms with Crippen LogP contribution >= 0.6 is 0 Å². The summed E-state index contributed by atoms with van der Waals surface area (Å²) < 4.78 is 1.95. The molecular weight excluding hydrogens is 304 g/mol. The van der Waals surface area contributed by atoms with Crippen molar-refractivity contribution < 1.29 is 9.59 Å². The van der Waals surface area contributed by atoms with Crippen LogP contribution in [0, 0.1) is 0 Å². The van der Waals surface area contributed by atoms with Gasteiger partial charge < -0.3 is 9.80 Å². The van der Waals surface area contributed by atoms with Crippen LogP contribution in [0.15, 0.2) is 6.07 Å². The summed E-state index contributed by atoms with van der Waals surface area (Å²) in [5.41, 5.74) is 1.37. The molecule has 2 heterocycles. The maximum atomic E-state index is 12.7. The van der Waals surface area contributed by atoms with Gasteiger partial charge in [0, 0.05) is 38.8 Å². The normalized spacial score (nSPS) is 15.5. The van der Waals surface area contributed by atoms with Crippen molar-refractivity contribution in [2.75, 3.05) is 26.7 Å². The van der Waals surface area contributed by atoms with Crippen molar-refractivity contribution in [1.82, 2.24) is 19.6 Å². The number of likely N-dealkylation sites (tertiary alicyclic amines) is 1. The van der Waals surface area contributed by atoms with Crippen molar-refractivity contribution in [1.29, 1.82) is 0 Å². The molecule has 1 aliphatic heterocycles. The molecular formula is C18H30N4O2. The minimum Gasteiger partial charge on any atom is -0.341 e. The molecule has 0 saturated carbocycles. The van der Waals surface area contributed by atoms with Crippen LogP contribution in [0.4, 0.5) is 0 Å². The van der Waals surface area contributed by atoms with Crippen LogP contribution in [0.5, 0.6) is 0 Å². The Hall–Kier alpha value is -1.85. The first-order valence-electron chi connectivity index (χ1n) is 8.75. The monoisotopic (exact) mass is 334 g/mol. The summed E-state index contributed by atoms with van der Waals surface area (Å²) in [5, 5.41) is 4.56. The van der Waals surface area contributed by atoms with E-state index >= 15 is 0 Å². The Morgan fingerprint density at radius 2 is 2.04 bits per heavy atom. The van der Waals surface area contributed by atoms with Crippen LogP contribution in [-0.2, 0) is 10.3 Å². The first kappa shape index (κ1) is 18.5. The van der Waals surface area contributed by atoms with Crippen molar-refractivity contribution in [3.05, 3.63) is 17.5 Å². The summed E-state index contributed by atoms with van der Waals surface area (Å²) in [5.74, 6) is 0.396. The second-order valence-electron chi connectivity index (χ2n) is 7.90. The maximum Gasteiger partial charge on any atom is 0.274 e. The SMILES string of the molecule is CC(C)c1cc(C(=O)N(C)CCN2CCCC2=O)nn1C(C)(C)C. The van der Waals surface area contributed by atoms with Crippen LogP contribution in [0.25, 0.3) is 0 Å². The molecule has 0 radical (unpaired) electrons. The molecule has 1 aliphatic rings. The highest BCUT2D eigenvalue weighted by molar-refractivity contribution is 5.92. The van der Waals surface area contributed by atoms with Crippen LogP contribution < -0.4 is 0 Å². The van der Waals surface area contributed by atoms with E-state index in [0.717, 1.165) is 18.7 Å². The third-order valence-electron chi connectivity index (χ3n) is 4.41. The van der Waals surface area contributed by atoms with Gasteiger partial charge in [0.2, 0.25) is 5.91 Å². The molecule has 0 atom stereocenters. The summed E-state index contributed by atoms with van der Waals surface area (Å²) in [4.78, 5) is 27.8. The van der Waals surface area contributed by atoms with Crippen LogP contribution in [0.3, 0.4) is 0 Å². The summed E-state index contributed by atoms with van der Waals surface area (Å²) in [7, 11) is 1.77. The second-order valence-corrected chi connectivity index (χ2v) is 7.90. The molecule has 0 spiro atoms. The molecule has 1 fully saturated rings. The number of hydrogen-bond donors (Lipinski definition) is 0. The molecule has 0 N–H and O–H groups in total. The number of likely N-dealkylation sites (N-methyl/N-ethyl adjacent to an activating group) is 1. The molecule has 6 heteroatoms. The van der Waals surface area contributed by atoms with Crippen molar-refractivity contribution in [3.63, 3.8) is 0 Å². The van der Waals surface area contributed by atoms with E-state index in [2.05, 4.69) is 39.7 Å². The van der Waals surface area contributed by atoms with Gasteiger partial charge in [-0.25, -0.2) is 0 Å². The van der Waals surface area contributed by atoms with Gasteiger partial charge in [-0.1, -0.05) is 13.8 Å². The van der Waals surface area contributed by atoms with Gasteiger partial charge in [0.15, 0.2) is 5.69 Å². The van der Waals surface area contributed by atoms with Crippen molar-refractivity contribution in [2.45, 2.75) is 58.9 Å². The highest BCUT2D eigenvalue weighted by Gasteiger charge is 2.26. The molecule has 0 bridgehead atoms. The zero-order valence-electron chi connectivity index (χ0n) is 15.8. The van der Waals surface area contributed by atoms with E-state index in [4.69, 9.17) is 0 Å². The molecule has 1 aromatic rings. The Morgan fingerprint density at radius 1 is 1.38 bits per heavy atom. The number of rotatable bonds is 5. The van der Waals surface area contributed by atoms with Gasteiger partial charge in [0.05, 0.1) is 5.54 Å². The van der Waals surface area contributed by atoms with E-state index < -0.39 is 0 Å². The fraction of sp³-hybridized carbons (Fsp3) is 0.722. The topological polar surface area (TPSA) is 58.4 Å². The van der Waals surface area contributed by atoms with Crippen molar-refractivity contribution in [3.8, 4) is 0 Å². The number of carbonyl (C=O) groups is 2. The quantitative estimate of drug-likeness (QED) is 0.831. The minimum absolute atomic E-state index is 0.0912. The smallest absolute Gasteiger partial charge is 0.274 e. The molecule has 1 saturated heterocycles. The van der Waals surface area contributed by atoms with E-state index in [-0.39, 0.29) is 17.4 Å². The molecule has 2 rings (SSSR count). The van der Waals surface area contributed by atoms with Gasteiger partial charge in [0.25, 0.3) is 5.91 Å². The van der Waals surface area contributed by atoms with E-state index in [0.29, 0.717) is 31.1 Å². The number of carbonyl (C=O) groups excluding carboxylic acids is 2. The third-order valence-corrected chi connectivity index (χ3v) is 4.41. The van der Waals surface area contributed by atoms with E-state index in [9.17, 15) is 9.59 Å². The summed E-state index contributed by atoms with van der Waals surface area (Å²) in [6.45, 7) is 12.4. The number of hydrogen-bond acceptors (Lipinski definition) is 3. The van der Waals surface area contributed by atoms with Crippen LogP contribution in [0.1, 0.15) is 69.6 Å². The second kappa shape index (κ2) is 6.95. The maximum absolute atomic E-state index is 12.7. The van der Waals surface area contributed by atoms with Gasteiger partial charge in [-0.3, -0.25) is 14.3 Å². The van der Waals surface area contributed by atoms with E-state index in [1.165, 1.54) is 0 Å². The third kappa shape index (κ3) is 3.97. The average molecular weight is 334 g/mol. The van der Waals surface area contributed by atoms with Crippen LogP contribution in [0.2, 0.25) is 0 Å². The van der Waals surface area contributed by atoms with Gasteiger partial charge >= 0.3 is 0 Å². The lowest BCUT2D eigenvalue weighted by atomic mass is 10.1. The summed E-state index contributed by atoms with van der Waals surface area (Å²) >= 11 is 0. The zero-order chi connectivity index (χ0) is 18.1. The Balaban J connectivity index is 2.09. The van der Waals surface area contributed by atoms with Gasteiger partial charge in [-0.05, 0) is 39.2 Å². The Labute approximate surface area is 144 Å². The molecule has 0 aromatic carbocycles. The summed E-state index contributed by atoms with van der Waals surface area (Å²) in [6, 6.07) is 1.90. The fourth-order valence-corrected chi connectivity index (χ4v) is 2.96. The highest BCUT2D eigenvalue weighted by Crippen LogP contribution is 2.24. The van der Waals surface area contributed by atoms with Gasteiger partial charge in [0.1, 0.15) is 0 Å². The molecule has 1 aromatic heterocycles. The van der Waals surface area contributed by atoms with Crippen molar-refractivity contribution >= 4 is 11.8 Å². The van der Waals surface area contributed by atoms with Gasteiger partial charge in [-0.15, -0.1) is 0 Å². The average Bonchev–Trinajstić information content (AvgIpc) is 3.09. The largest absolute Gasteiger partial charge is 0.341 e. The molecule has 2 amide bonds. The fourth-order valence-electron chi connectivity index (χ4n) is 2.96. The summed E-state index contributed by atoms with van der Waals surface area (Å²) in [6.07, 6.45) is 1.55. The molecule has 0 unspecified atom stereocenters. The van der Waals surface area contributed by atoms with E-state index in [1.807, 2.05) is 15.6 Å². The molecule has 24 heavy (non-hydrogen) atoms. The Morgan fingerprint density at radius 3 is 2.50 bits per heavy atom. The van der Waals surface area contributed by atoms with Crippen LogP contribution in [-0.4, -0.2) is 58.1 Å². The van der Waals surface area contributed by atoms with Crippen molar-refractivity contribution in [2.24, 2.45) is 0 Å². The molecule has 0 aliphatic carbocycles. The number of nitrogens with zero attached hydrogens (tertiary/aromatic N) is 4. The minimum atomic E-state index is -0.168. The highest BCUT2D eigenvalue weighted by atomic mass is 16.2.